The Bertz CT molecular complexity index is 669. The molecule has 0 aromatic carbocycles. The van der Waals surface area contributed by atoms with E-state index < -0.39 is 0 Å². The van der Waals surface area contributed by atoms with Crippen molar-refractivity contribution < 1.29 is 4.79 Å². The minimum Gasteiger partial charge on any atom is -0.342 e. The second-order valence-corrected chi connectivity index (χ2v) is 9.14. The van der Waals surface area contributed by atoms with Crippen molar-refractivity contribution in [3.63, 3.8) is 0 Å². The van der Waals surface area contributed by atoms with Gasteiger partial charge in [-0.15, -0.1) is 10.2 Å². The van der Waals surface area contributed by atoms with Crippen molar-refractivity contribution >= 4 is 5.91 Å². The molecule has 150 valence electrons. The van der Waals surface area contributed by atoms with E-state index in [9.17, 15) is 4.79 Å². The monoisotopic (exact) mass is 374 g/mol. The molecule has 27 heavy (non-hydrogen) atoms. The van der Waals surface area contributed by atoms with Crippen LogP contribution in [-0.2, 0) is 11.3 Å². The number of nitrogens with zero attached hydrogens (tertiary/aromatic N) is 6. The Hall–Kier alpha value is -1.47. The normalized spacial score (nSPS) is 28.3. The first-order chi connectivity index (χ1) is 13.0. The van der Waals surface area contributed by atoms with Gasteiger partial charge in [0.15, 0.2) is 0 Å². The van der Waals surface area contributed by atoms with Crippen LogP contribution < -0.4 is 0 Å². The predicted octanol–water partition coefficient (Wildman–Crippen LogP) is 1.77. The molecule has 1 saturated carbocycles. The maximum atomic E-state index is 12.6. The van der Waals surface area contributed by atoms with Crippen LogP contribution in [0.2, 0.25) is 0 Å². The Morgan fingerprint density at radius 3 is 2.78 bits per heavy atom. The van der Waals surface area contributed by atoms with Crippen molar-refractivity contribution in [1.29, 1.82) is 0 Å². The lowest BCUT2D eigenvalue weighted by Crippen LogP contribution is -2.60. The number of aromatic nitrogens is 3. The van der Waals surface area contributed by atoms with Crippen LogP contribution in [0.15, 0.2) is 6.33 Å². The van der Waals surface area contributed by atoms with E-state index in [-0.39, 0.29) is 5.54 Å². The molecule has 1 atom stereocenters. The van der Waals surface area contributed by atoms with Gasteiger partial charge in [0.05, 0.1) is 6.54 Å². The highest BCUT2D eigenvalue weighted by atomic mass is 16.2. The lowest BCUT2D eigenvalue weighted by molar-refractivity contribution is -0.131. The van der Waals surface area contributed by atoms with Crippen LogP contribution in [0, 0.1) is 5.92 Å². The summed E-state index contributed by atoms with van der Waals surface area (Å²) >= 11 is 0. The largest absolute Gasteiger partial charge is 0.342 e. The molecule has 1 amide bonds. The van der Waals surface area contributed by atoms with E-state index in [1.807, 2.05) is 6.33 Å². The number of carbonyl (C=O) groups is 1. The molecule has 7 heteroatoms. The molecule has 0 bridgehead atoms. The second-order valence-electron chi connectivity index (χ2n) is 9.14. The van der Waals surface area contributed by atoms with E-state index >= 15 is 0 Å². The van der Waals surface area contributed by atoms with Crippen molar-refractivity contribution in [3.05, 3.63) is 12.2 Å². The van der Waals surface area contributed by atoms with Gasteiger partial charge in [0.1, 0.15) is 12.2 Å². The highest BCUT2D eigenvalue weighted by Crippen LogP contribution is 2.35. The smallest absolute Gasteiger partial charge is 0.222 e. The molecule has 3 heterocycles. The molecule has 3 fully saturated rings. The van der Waals surface area contributed by atoms with Crippen LogP contribution in [0.4, 0.5) is 0 Å². The molecule has 1 aliphatic carbocycles. The molecule has 1 unspecified atom stereocenters. The van der Waals surface area contributed by atoms with Crippen LogP contribution in [-0.4, -0.2) is 80.7 Å². The molecule has 2 aliphatic heterocycles. The highest BCUT2D eigenvalue weighted by Gasteiger charge is 2.43. The van der Waals surface area contributed by atoms with Gasteiger partial charge in [0, 0.05) is 50.7 Å². The van der Waals surface area contributed by atoms with Crippen LogP contribution >= 0.6 is 0 Å². The Kier molecular flexibility index (Phi) is 5.25. The molecule has 1 aromatic heterocycles. The molecular weight excluding hydrogens is 340 g/mol. The van der Waals surface area contributed by atoms with E-state index in [0.29, 0.717) is 18.4 Å². The number of hydrogen-bond donors (Lipinski definition) is 0. The lowest BCUT2D eigenvalue weighted by atomic mass is 9.86. The van der Waals surface area contributed by atoms with Crippen LogP contribution in [0.5, 0.6) is 0 Å². The van der Waals surface area contributed by atoms with Gasteiger partial charge in [0.2, 0.25) is 5.91 Å². The van der Waals surface area contributed by atoms with Crippen molar-refractivity contribution in [1.82, 2.24) is 29.5 Å². The number of amides is 1. The van der Waals surface area contributed by atoms with Crippen LogP contribution in [0.25, 0.3) is 0 Å². The summed E-state index contributed by atoms with van der Waals surface area (Å²) in [6.07, 6.45) is 7.18. The Balaban J connectivity index is 1.44. The fraction of sp³-hybridized carbons (Fsp3) is 0.850. The molecule has 7 nitrogen and oxygen atoms in total. The quantitative estimate of drug-likeness (QED) is 0.786. The first-order valence-corrected chi connectivity index (χ1v) is 10.6. The Morgan fingerprint density at radius 2 is 2.04 bits per heavy atom. The molecule has 0 radical (unpaired) electrons. The number of rotatable bonds is 5. The van der Waals surface area contributed by atoms with Gasteiger partial charge in [-0.2, -0.15) is 0 Å². The Labute approximate surface area is 162 Å². The SMILES string of the molecule is CC(C)n1cnnc1CN1CCN(C)C2(CCC(=O)N(CC3CC3)CC2)C1. The maximum Gasteiger partial charge on any atom is 0.222 e. The Morgan fingerprint density at radius 1 is 1.22 bits per heavy atom. The first kappa shape index (κ1) is 18.9. The van der Waals surface area contributed by atoms with Gasteiger partial charge in [-0.25, -0.2) is 0 Å². The summed E-state index contributed by atoms with van der Waals surface area (Å²) in [5.74, 6) is 2.18. The second kappa shape index (κ2) is 7.51. The fourth-order valence-electron chi connectivity index (χ4n) is 4.73. The third kappa shape index (κ3) is 4.04. The maximum absolute atomic E-state index is 12.6. The van der Waals surface area contributed by atoms with E-state index in [0.717, 1.165) is 63.9 Å². The number of likely N-dealkylation sites (N-methyl/N-ethyl adjacent to an activating group) is 1. The van der Waals surface area contributed by atoms with Crippen LogP contribution in [0.1, 0.15) is 57.8 Å². The number of likely N-dealkylation sites (tertiary alicyclic amines) is 1. The fourth-order valence-corrected chi connectivity index (χ4v) is 4.73. The molecule has 1 spiro atoms. The molecule has 3 aliphatic rings. The van der Waals surface area contributed by atoms with Gasteiger partial charge < -0.3 is 9.47 Å². The summed E-state index contributed by atoms with van der Waals surface area (Å²) in [5, 5.41) is 8.48. The van der Waals surface area contributed by atoms with Crippen molar-refractivity contribution in [3.8, 4) is 0 Å². The summed E-state index contributed by atoms with van der Waals surface area (Å²) in [6.45, 7) is 10.2. The molecule has 4 rings (SSSR count). The summed E-state index contributed by atoms with van der Waals surface area (Å²) in [5.41, 5.74) is 0.106. The minimum absolute atomic E-state index is 0.106. The lowest BCUT2D eigenvalue weighted by Gasteiger charge is -2.49. The van der Waals surface area contributed by atoms with Crippen molar-refractivity contribution in [2.45, 2.75) is 64.1 Å². The van der Waals surface area contributed by atoms with Crippen molar-refractivity contribution in [2.75, 3.05) is 39.8 Å². The summed E-state index contributed by atoms with van der Waals surface area (Å²) in [4.78, 5) is 19.8. The van der Waals surface area contributed by atoms with E-state index in [1.54, 1.807) is 0 Å². The minimum atomic E-state index is 0.106. The average molecular weight is 375 g/mol. The van der Waals surface area contributed by atoms with Gasteiger partial charge in [-0.3, -0.25) is 14.6 Å². The third-order valence-corrected chi connectivity index (χ3v) is 6.83. The number of piperazine rings is 1. The third-order valence-electron chi connectivity index (χ3n) is 6.83. The van der Waals surface area contributed by atoms with Crippen LogP contribution in [0.3, 0.4) is 0 Å². The number of carbonyl (C=O) groups excluding carboxylic acids is 1. The van der Waals surface area contributed by atoms with E-state index in [4.69, 9.17) is 0 Å². The topological polar surface area (TPSA) is 57.5 Å². The highest BCUT2D eigenvalue weighted by molar-refractivity contribution is 5.76. The standard InChI is InChI=1S/C20H34N6O/c1-16(2)26-15-21-22-18(26)13-24-11-10-23(3)20(14-24)7-6-19(27)25(9-8-20)12-17-4-5-17/h15-17H,4-14H2,1-3H3. The van der Waals surface area contributed by atoms with E-state index in [2.05, 4.69) is 50.4 Å². The zero-order valence-electron chi connectivity index (χ0n) is 17.1. The first-order valence-electron chi connectivity index (χ1n) is 10.6. The summed E-state index contributed by atoms with van der Waals surface area (Å²) in [7, 11) is 2.25. The van der Waals surface area contributed by atoms with Gasteiger partial charge in [-0.1, -0.05) is 0 Å². The molecule has 0 N–H and O–H groups in total. The summed E-state index contributed by atoms with van der Waals surface area (Å²) in [6, 6.07) is 0.378. The van der Waals surface area contributed by atoms with E-state index in [1.165, 1.54) is 12.8 Å². The number of hydrogen-bond acceptors (Lipinski definition) is 5. The summed E-state index contributed by atoms with van der Waals surface area (Å²) < 4.78 is 2.17. The molecular formula is C20H34N6O. The zero-order chi connectivity index (χ0) is 19.0. The van der Waals surface area contributed by atoms with Crippen molar-refractivity contribution in [2.24, 2.45) is 5.92 Å². The zero-order valence-corrected chi connectivity index (χ0v) is 17.1. The van der Waals surface area contributed by atoms with Gasteiger partial charge in [-0.05, 0) is 52.5 Å². The predicted molar refractivity (Wildman–Crippen MR) is 104 cm³/mol. The molecule has 1 aromatic rings. The average Bonchev–Trinajstić information content (AvgIpc) is 3.37. The molecule has 2 saturated heterocycles. The van der Waals surface area contributed by atoms with Gasteiger partial charge >= 0.3 is 0 Å². The van der Waals surface area contributed by atoms with Gasteiger partial charge in [0.25, 0.3) is 0 Å².